The van der Waals surface area contributed by atoms with Crippen molar-refractivity contribution in [3.8, 4) is 11.5 Å². The Bertz CT molecular complexity index is 447. The second-order valence-electron chi connectivity index (χ2n) is 5.96. The highest BCUT2D eigenvalue weighted by Crippen LogP contribution is 2.42. The first-order chi connectivity index (χ1) is 9.61. The number of fused-ring (bicyclic) bond motifs is 1. The first-order valence-electron chi connectivity index (χ1n) is 7.66. The van der Waals surface area contributed by atoms with Gasteiger partial charge in [-0.3, -0.25) is 0 Å². The summed E-state index contributed by atoms with van der Waals surface area (Å²) in [7, 11) is 3.72. The lowest BCUT2D eigenvalue weighted by Crippen LogP contribution is -2.41. The highest BCUT2D eigenvalue weighted by atomic mass is 16.5. The molecule has 0 radical (unpaired) electrons. The number of nitrogens with one attached hydrogen (secondary N) is 1. The topological polar surface area (TPSA) is 30.5 Å². The number of hydrogen-bond donors (Lipinski definition) is 1. The second-order valence-corrected chi connectivity index (χ2v) is 5.96. The number of benzene rings is 1. The molecule has 3 nitrogen and oxygen atoms in total. The molecule has 2 rings (SSSR count). The molecule has 1 aromatic carbocycles. The van der Waals surface area contributed by atoms with E-state index in [0.717, 1.165) is 24.3 Å². The van der Waals surface area contributed by atoms with Gasteiger partial charge in [0.1, 0.15) is 17.1 Å². The number of unbranched alkanes of at least 4 members (excludes halogenated alkanes) is 2. The van der Waals surface area contributed by atoms with Gasteiger partial charge in [-0.15, -0.1) is 0 Å². The van der Waals surface area contributed by atoms with Crippen LogP contribution in [0.2, 0.25) is 0 Å². The van der Waals surface area contributed by atoms with Crippen LogP contribution in [0.25, 0.3) is 0 Å². The third-order valence-corrected chi connectivity index (χ3v) is 4.24. The van der Waals surface area contributed by atoms with Crippen LogP contribution in [-0.4, -0.2) is 19.8 Å². The van der Waals surface area contributed by atoms with Crippen molar-refractivity contribution >= 4 is 0 Å². The number of methoxy groups -OCH3 is 1. The smallest absolute Gasteiger partial charge is 0.125 e. The van der Waals surface area contributed by atoms with Crippen molar-refractivity contribution < 1.29 is 9.47 Å². The van der Waals surface area contributed by atoms with Gasteiger partial charge in [0.2, 0.25) is 0 Å². The lowest BCUT2D eigenvalue weighted by Gasteiger charge is -2.40. The van der Waals surface area contributed by atoms with Crippen molar-refractivity contribution in [1.29, 1.82) is 0 Å². The number of hydrogen-bond acceptors (Lipinski definition) is 3. The fourth-order valence-electron chi connectivity index (χ4n) is 3.03. The molecule has 3 heteroatoms. The zero-order valence-corrected chi connectivity index (χ0v) is 13.2. The molecule has 1 aliphatic rings. The summed E-state index contributed by atoms with van der Waals surface area (Å²) in [6.07, 6.45) is 5.88. The molecule has 0 amide bonds. The maximum atomic E-state index is 6.30. The van der Waals surface area contributed by atoms with E-state index in [9.17, 15) is 0 Å². The number of rotatable bonds is 6. The van der Waals surface area contributed by atoms with E-state index in [0.29, 0.717) is 6.04 Å². The summed E-state index contributed by atoms with van der Waals surface area (Å²) < 4.78 is 11.6. The van der Waals surface area contributed by atoms with Crippen molar-refractivity contribution in [2.45, 2.75) is 57.6 Å². The maximum Gasteiger partial charge on any atom is 0.125 e. The molecule has 0 bridgehead atoms. The highest BCUT2D eigenvalue weighted by Gasteiger charge is 2.36. The SMILES string of the molecule is CCCCCC1(C)CC(NC)c2cc(OC)ccc2O1. The molecule has 0 saturated heterocycles. The van der Waals surface area contributed by atoms with Gasteiger partial charge in [0.05, 0.1) is 7.11 Å². The van der Waals surface area contributed by atoms with Gasteiger partial charge in [0, 0.05) is 18.0 Å². The predicted octanol–water partition coefficient (Wildman–Crippen LogP) is 4.08. The van der Waals surface area contributed by atoms with E-state index in [4.69, 9.17) is 9.47 Å². The minimum absolute atomic E-state index is 0.0650. The fraction of sp³-hybridized carbons (Fsp3) is 0.647. The Kier molecular flexibility index (Phi) is 4.92. The third kappa shape index (κ3) is 3.26. The standard InChI is InChI=1S/C17H27NO2/c1-5-6-7-10-17(2)12-15(18-3)14-11-13(19-4)8-9-16(14)20-17/h8-9,11,15,18H,5-7,10,12H2,1-4H3. The summed E-state index contributed by atoms with van der Waals surface area (Å²) in [5.74, 6) is 1.89. The minimum Gasteiger partial charge on any atom is -0.497 e. The largest absolute Gasteiger partial charge is 0.497 e. The van der Waals surface area contributed by atoms with Gasteiger partial charge in [0.15, 0.2) is 0 Å². The summed E-state index contributed by atoms with van der Waals surface area (Å²) in [5, 5.41) is 3.42. The molecule has 0 aliphatic carbocycles. The molecule has 0 fully saturated rings. The van der Waals surface area contributed by atoms with Crippen molar-refractivity contribution in [3.63, 3.8) is 0 Å². The monoisotopic (exact) mass is 277 g/mol. The quantitative estimate of drug-likeness (QED) is 0.795. The highest BCUT2D eigenvalue weighted by molar-refractivity contribution is 5.44. The molecule has 1 N–H and O–H groups in total. The molecule has 112 valence electrons. The summed E-state index contributed by atoms with van der Waals surface area (Å²) >= 11 is 0. The van der Waals surface area contributed by atoms with Gasteiger partial charge in [-0.05, 0) is 45.0 Å². The van der Waals surface area contributed by atoms with Gasteiger partial charge in [0.25, 0.3) is 0 Å². The van der Waals surface area contributed by atoms with Crippen LogP contribution in [0.15, 0.2) is 18.2 Å². The molecule has 0 aromatic heterocycles. The normalized spacial score (nSPS) is 24.9. The van der Waals surface area contributed by atoms with Crippen LogP contribution in [0.1, 0.15) is 57.6 Å². The zero-order valence-electron chi connectivity index (χ0n) is 13.2. The molecule has 0 saturated carbocycles. The maximum absolute atomic E-state index is 6.30. The molecule has 20 heavy (non-hydrogen) atoms. The Balaban J connectivity index is 2.20. The Morgan fingerprint density at radius 1 is 1.40 bits per heavy atom. The summed E-state index contributed by atoms with van der Waals surface area (Å²) in [4.78, 5) is 0. The van der Waals surface area contributed by atoms with Crippen molar-refractivity contribution in [2.24, 2.45) is 0 Å². The third-order valence-electron chi connectivity index (χ3n) is 4.24. The van der Waals surface area contributed by atoms with E-state index in [1.807, 2.05) is 19.2 Å². The Morgan fingerprint density at radius 3 is 2.85 bits per heavy atom. The fourth-order valence-corrected chi connectivity index (χ4v) is 3.03. The molecule has 1 aliphatic heterocycles. The van der Waals surface area contributed by atoms with Crippen LogP contribution in [0.5, 0.6) is 11.5 Å². The van der Waals surface area contributed by atoms with E-state index in [-0.39, 0.29) is 5.60 Å². The van der Waals surface area contributed by atoms with Crippen LogP contribution >= 0.6 is 0 Å². The van der Waals surface area contributed by atoms with Gasteiger partial charge in [-0.1, -0.05) is 19.8 Å². The van der Waals surface area contributed by atoms with Gasteiger partial charge in [-0.25, -0.2) is 0 Å². The molecule has 1 aromatic rings. The van der Waals surface area contributed by atoms with E-state index in [1.165, 1.54) is 24.8 Å². The van der Waals surface area contributed by atoms with E-state index < -0.39 is 0 Å². The van der Waals surface area contributed by atoms with E-state index >= 15 is 0 Å². The zero-order chi connectivity index (χ0) is 14.6. The predicted molar refractivity (Wildman–Crippen MR) is 82.6 cm³/mol. The first kappa shape index (κ1) is 15.2. The van der Waals surface area contributed by atoms with Gasteiger partial charge >= 0.3 is 0 Å². The van der Waals surface area contributed by atoms with E-state index in [1.54, 1.807) is 7.11 Å². The van der Waals surface area contributed by atoms with Gasteiger partial charge in [-0.2, -0.15) is 0 Å². The second kappa shape index (κ2) is 6.49. The summed E-state index contributed by atoms with van der Waals surface area (Å²) in [5.41, 5.74) is 1.14. The Hall–Kier alpha value is -1.22. The number of ether oxygens (including phenoxy) is 2. The van der Waals surface area contributed by atoms with Crippen LogP contribution in [0, 0.1) is 0 Å². The molecule has 2 atom stereocenters. The molecule has 2 unspecified atom stereocenters. The van der Waals surface area contributed by atoms with Crippen molar-refractivity contribution in [1.82, 2.24) is 5.32 Å². The lowest BCUT2D eigenvalue weighted by molar-refractivity contribution is 0.0383. The first-order valence-corrected chi connectivity index (χ1v) is 7.66. The van der Waals surface area contributed by atoms with E-state index in [2.05, 4.69) is 25.2 Å². The average molecular weight is 277 g/mol. The van der Waals surface area contributed by atoms with Crippen molar-refractivity contribution in [2.75, 3.05) is 14.2 Å². The van der Waals surface area contributed by atoms with Crippen LogP contribution in [0.3, 0.4) is 0 Å². The summed E-state index contributed by atoms with van der Waals surface area (Å²) in [6, 6.07) is 6.43. The molecule has 0 spiro atoms. The van der Waals surface area contributed by atoms with Gasteiger partial charge < -0.3 is 14.8 Å². The molecule has 1 heterocycles. The Labute approximate surface area is 122 Å². The minimum atomic E-state index is -0.0650. The van der Waals surface area contributed by atoms with Crippen LogP contribution in [0.4, 0.5) is 0 Å². The van der Waals surface area contributed by atoms with Crippen molar-refractivity contribution in [3.05, 3.63) is 23.8 Å². The summed E-state index contributed by atoms with van der Waals surface area (Å²) in [6.45, 7) is 4.47. The lowest BCUT2D eigenvalue weighted by atomic mass is 9.85. The molecular weight excluding hydrogens is 250 g/mol. The average Bonchev–Trinajstić information content (AvgIpc) is 2.46. The Morgan fingerprint density at radius 2 is 2.20 bits per heavy atom. The molecular formula is C17H27NO2. The van der Waals surface area contributed by atoms with Crippen LogP contribution < -0.4 is 14.8 Å². The van der Waals surface area contributed by atoms with Crippen LogP contribution in [-0.2, 0) is 0 Å².